The van der Waals surface area contributed by atoms with E-state index in [4.69, 9.17) is 0 Å². The largest absolute Gasteiger partial charge is 0.343 e. The van der Waals surface area contributed by atoms with Crippen molar-refractivity contribution in [3.63, 3.8) is 0 Å². The molecule has 2 aromatic heterocycles. The molecule has 0 aliphatic heterocycles. The summed E-state index contributed by atoms with van der Waals surface area (Å²) in [4.78, 5) is 15.1. The van der Waals surface area contributed by atoms with Crippen LogP contribution in [0.1, 0.15) is 0 Å². The molecule has 0 aliphatic rings. The summed E-state index contributed by atoms with van der Waals surface area (Å²) < 4.78 is 0.705. The summed E-state index contributed by atoms with van der Waals surface area (Å²) in [6.07, 6.45) is 6.71. The molecule has 0 aromatic carbocycles. The maximum Gasteiger partial charge on any atom is 0.157 e. The number of imidazole rings is 1. The number of nitrogens with zero attached hydrogens (tertiary/aromatic N) is 3. The minimum Gasteiger partial charge on any atom is -0.343 e. The zero-order valence-electron chi connectivity index (χ0n) is 6.03. The van der Waals surface area contributed by atoms with E-state index in [-0.39, 0.29) is 0 Å². The van der Waals surface area contributed by atoms with Gasteiger partial charge in [0.05, 0.1) is 12.4 Å². The number of halogens is 1. The van der Waals surface area contributed by atoms with Crippen molar-refractivity contribution in [3.8, 4) is 11.5 Å². The lowest BCUT2D eigenvalue weighted by atomic mass is 10.4. The third-order valence-corrected chi connectivity index (χ3v) is 1.73. The highest BCUT2D eigenvalue weighted by Crippen LogP contribution is 2.12. The average molecular weight is 225 g/mol. The Hall–Kier alpha value is -1.23. The lowest BCUT2D eigenvalue weighted by Gasteiger charge is -1.94. The summed E-state index contributed by atoms with van der Waals surface area (Å²) in [5.41, 5.74) is 0.731. The minimum absolute atomic E-state index is 0.705. The first-order chi connectivity index (χ1) is 5.86. The molecule has 0 radical (unpaired) electrons. The summed E-state index contributed by atoms with van der Waals surface area (Å²) in [6, 6.07) is 0. The molecule has 0 spiro atoms. The van der Waals surface area contributed by atoms with Gasteiger partial charge in [-0.3, -0.25) is 4.98 Å². The second-order valence-corrected chi connectivity index (χ2v) is 2.98. The number of aromatic nitrogens is 4. The molecule has 12 heavy (non-hydrogen) atoms. The van der Waals surface area contributed by atoms with Gasteiger partial charge in [0.2, 0.25) is 0 Å². The molecule has 0 unspecified atom stereocenters. The molecule has 0 fully saturated rings. The summed E-state index contributed by atoms with van der Waals surface area (Å²) >= 11 is 3.23. The van der Waals surface area contributed by atoms with Gasteiger partial charge < -0.3 is 4.98 Å². The van der Waals surface area contributed by atoms with Crippen LogP contribution in [0, 0.1) is 0 Å². The summed E-state index contributed by atoms with van der Waals surface area (Å²) in [5.74, 6) is 0.726. The topological polar surface area (TPSA) is 54.5 Å². The second-order valence-electron chi connectivity index (χ2n) is 2.16. The fourth-order valence-corrected chi connectivity index (χ4v) is 1.17. The van der Waals surface area contributed by atoms with E-state index >= 15 is 0 Å². The normalized spacial score (nSPS) is 10.1. The van der Waals surface area contributed by atoms with Gasteiger partial charge in [-0.15, -0.1) is 0 Å². The van der Waals surface area contributed by atoms with Gasteiger partial charge in [0.25, 0.3) is 0 Å². The van der Waals surface area contributed by atoms with E-state index in [1.165, 1.54) is 0 Å². The highest BCUT2D eigenvalue weighted by atomic mass is 79.9. The van der Waals surface area contributed by atoms with Crippen LogP contribution >= 0.6 is 15.9 Å². The van der Waals surface area contributed by atoms with Gasteiger partial charge in [-0.1, -0.05) is 0 Å². The Balaban J connectivity index is 2.48. The first-order valence-electron chi connectivity index (χ1n) is 3.33. The van der Waals surface area contributed by atoms with Crippen LogP contribution in [-0.4, -0.2) is 19.9 Å². The Bertz CT molecular complexity index is 371. The molecule has 4 nitrogen and oxygen atoms in total. The third-order valence-electron chi connectivity index (χ3n) is 1.35. The molecule has 0 saturated carbocycles. The summed E-state index contributed by atoms with van der Waals surface area (Å²) in [5, 5.41) is 0. The fourth-order valence-electron chi connectivity index (χ4n) is 0.862. The van der Waals surface area contributed by atoms with Gasteiger partial charge in [0.1, 0.15) is 10.3 Å². The van der Waals surface area contributed by atoms with Crippen molar-refractivity contribution in [2.75, 3.05) is 0 Å². The van der Waals surface area contributed by atoms with Crippen molar-refractivity contribution in [2.45, 2.75) is 0 Å². The number of H-pyrrole nitrogens is 1. The molecule has 2 heterocycles. The lowest BCUT2D eigenvalue weighted by Crippen LogP contribution is -1.87. The number of hydrogen-bond acceptors (Lipinski definition) is 3. The van der Waals surface area contributed by atoms with E-state index in [0.29, 0.717) is 4.60 Å². The zero-order chi connectivity index (χ0) is 8.39. The van der Waals surface area contributed by atoms with E-state index in [0.717, 1.165) is 11.5 Å². The molecule has 0 saturated heterocycles. The quantitative estimate of drug-likeness (QED) is 0.802. The van der Waals surface area contributed by atoms with Gasteiger partial charge in [-0.25, -0.2) is 9.97 Å². The Kier molecular flexibility index (Phi) is 1.87. The van der Waals surface area contributed by atoms with Gasteiger partial charge in [-0.05, 0) is 15.9 Å². The summed E-state index contributed by atoms with van der Waals surface area (Å²) in [6.45, 7) is 0. The number of hydrogen-bond donors (Lipinski definition) is 1. The molecular formula is C7H5BrN4. The van der Waals surface area contributed by atoms with Crippen LogP contribution in [-0.2, 0) is 0 Å². The fraction of sp³-hybridized carbons (Fsp3) is 0. The van der Waals surface area contributed by atoms with Crippen molar-refractivity contribution in [3.05, 3.63) is 29.4 Å². The molecule has 2 aromatic rings. The van der Waals surface area contributed by atoms with E-state index in [1.807, 2.05) is 0 Å². The van der Waals surface area contributed by atoms with E-state index in [9.17, 15) is 0 Å². The average Bonchev–Trinajstić information content (AvgIpc) is 2.56. The van der Waals surface area contributed by atoms with Crippen LogP contribution in [0.5, 0.6) is 0 Å². The van der Waals surface area contributed by atoms with Crippen LogP contribution in [0.25, 0.3) is 11.5 Å². The molecule has 2 rings (SSSR count). The van der Waals surface area contributed by atoms with Crippen LogP contribution < -0.4 is 0 Å². The maximum absolute atomic E-state index is 4.18. The van der Waals surface area contributed by atoms with E-state index < -0.39 is 0 Å². The molecule has 60 valence electrons. The standard InChI is InChI=1S/C7H5BrN4/c8-6-4-9-3-5(12-6)7-10-1-2-11-7/h1-4H,(H,10,11). The number of rotatable bonds is 1. The number of aromatic amines is 1. The Morgan fingerprint density at radius 2 is 2.25 bits per heavy atom. The second kappa shape index (κ2) is 3.02. The zero-order valence-corrected chi connectivity index (χ0v) is 7.62. The summed E-state index contributed by atoms with van der Waals surface area (Å²) in [7, 11) is 0. The molecule has 5 heteroatoms. The van der Waals surface area contributed by atoms with Gasteiger partial charge in [-0.2, -0.15) is 0 Å². The highest BCUT2D eigenvalue weighted by molar-refractivity contribution is 9.10. The highest BCUT2D eigenvalue weighted by Gasteiger charge is 2.00. The van der Waals surface area contributed by atoms with Crippen LogP contribution in [0.3, 0.4) is 0 Å². The Morgan fingerprint density at radius 3 is 2.92 bits per heavy atom. The van der Waals surface area contributed by atoms with Crippen LogP contribution in [0.2, 0.25) is 0 Å². The van der Waals surface area contributed by atoms with Crippen molar-refractivity contribution in [1.29, 1.82) is 0 Å². The van der Waals surface area contributed by atoms with Gasteiger partial charge in [0.15, 0.2) is 5.82 Å². The van der Waals surface area contributed by atoms with Gasteiger partial charge >= 0.3 is 0 Å². The molecule has 0 aliphatic carbocycles. The van der Waals surface area contributed by atoms with E-state index in [2.05, 4.69) is 35.9 Å². The SMILES string of the molecule is Brc1cncc(-c2ncc[nH]2)n1. The monoisotopic (exact) mass is 224 g/mol. The smallest absolute Gasteiger partial charge is 0.157 e. The first-order valence-corrected chi connectivity index (χ1v) is 4.13. The van der Waals surface area contributed by atoms with Crippen molar-refractivity contribution >= 4 is 15.9 Å². The Labute approximate surface area is 77.2 Å². The predicted molar refractivity (Wildman–Crippen MR) is 47.3 cm³/mol. The van der Waals surface area contributed by atoms with Gasteiger partial charge in [0, 0.05) is 12.4 Å². The van der Waals surface area contributed by atoms with Crippen LogP contribution in [0.15, 0.2) is 29.4 Å². The molecule has 0 atom stereocenters. The Morgan fingerprint density at radius 1 is 1.33 bits per heavy atom. The maximum atomic E-state index is 4.18. The molecule has 0 bridgehead atoms. The van der Waals surface area contributed by atoms with Crippen LogP contribution in [0.4, 0.5) is 0 Å². The first kappa shape index (κ1) is 7.42. The van der Waals surface area contributed by atoms with Crippen molar-refractivity contribution in [1.82, 2.24) is 19.9 Å². The molecule has 0 amide bonds. The van der Waals surface area contributed by atoms with Crippen molar-refractivity contribution in [2.24, 2.45) is 0 Å². The molecular weight excluding hydrogens is 220 g/mol. The van der Waals surface area contributed by atoms with E-state index in [1.54, 1.807) is 24.8 Å². The number of nitrogens with one attached hydrogen (secondary N) is 1. The lowest BCUT2D eigenvalue weighted by molar-refractivity contribution is 1.13. The third kappa shape index (κ3) is 1.35. The molecule has 1 N–H and O–H groups in total. The predicted octanol–water partition coefficient (Wildman–Crippen LogP) is 1.63. The minimum atomic E-state index is 0.705. The van der Waals surface area contributed by atoms with Crippen molar-refractivity contribution < 1.29 is 0 Å².